The molecule has 1 aliphatic rings. The lowest BCUT2D eigenvalue weighted by molar-refractivity contribution is -0.127. The summed E-state index contributed by atoms with van der Waals surface area (Å²) < 4.78 is 0. The molecule has 2 rings (SSSR count). The second-order valence-electron chi connectivity index (χ2n) is 4.95. The fourth-order valence-corrected chi connectivity index (χ4v) is 2.08. The van der Waals surface area contributed by atoms with Crippen LogP contribution >= 0.6 is 0 Å². The molecule has 1 saturated carbocycles. The van der Waals surface area contributed by atoms with Gasteiger partial charge >= 0.3 is 0 Å². The molecule has 18 heavy (non-hydrogen) atoms. The summed E-state index contributed by atoms with van der Waals surface area (Å²) in [5.74, 6) is 0.392. The molecule has 1 aromatic heterocycles. The molecule has 1 amide bonds. The lowest BCUT2D eigenvalue weighted by atomic mass is 9.84. The normalized spacial score (nSPS) is 16.9. The smallest absolute Gasteiger partial charge is 0.223 e. The number of hydrogen-bond donors (Lipinski definition) is 2. The van der Waals surface area contributed by atoms with Crippen LogP contribution in [0, 0.1) is 11.8 Å². The largest absolute Gasteiger partial charge is 0.396 e. The Morgan fingerprint density at radius 3 is 2.89 bits per heavy atom. The molecule has 0 aliphatic heterocycles. The van der Waals surface area contributed by atoms with Crippen molar-refractivity contribution in [3.05, 3.63) is 30.1 Å². The van der Waals surface area contributed by atoms with E-state index in [4.69, 9.17) is 0 Å². The van der Waals surface area contributed by atoms with Crippen molar-refractivity contribution in [2.75, 3.05) is 13.2 Å². The first-order valence-electron chi connectivity index (χ1n) is 6.58. The Kier molecular flexibility index (Phi) is 4.70. The average Bonchev–Trinajstić information content (AvgIpc) is 2.33. The van der Waals surface area contributed by atoms with Crippen molar-refractivity contribution in [3.63, 3.8) is 0 Å². The summed E-state index contributed by atoms with van der Waals surface area (Å²) in [4.78, 5) is 15.9. The standard InChI is InChI=1S/C14H20N2O2/c17-10-11(8-13-6-1-2-7-15-13)9-16-14(18)12-4-3-5-12/h1-2,6-7,11-12,17H,3-5,8-10H2,(H,16,18). The van der Waals surface area contributed by atoms with E-state index >= 15 is 0 Å². The molecule has 98 valence electrons. The number of rotatable bonds is 6. The van der Waals surface area contributed by atoms with Crippen LogP contribution in [0.25, 0.3) is 0 Å². The Labute approximate surface area is 107 Å². The van der Waals surface area contributed by atoms with E-state index in [9.17, 15) is 9.90 Å². The molecule has 1 atom stereocenters. The van der Waals surface area contributed by atoms with Gasteiger partial charge in [0.05, 0.1) is 0 Å². The minimum atomic E-state index is 0.0453. The molecule has 4 nitrogen and oxygen atoms in total. The van der Waals surface area contributed by atoms with E-state index in [0.29, 0.717) is 13.0 Å². The Morgan fingerprint density at radius 2 is 2.33 bits per heavy atom. The highest BCUT2D eigenvalue weighted by Gasteiger charge is 2.25. The van der Waals surface area contributed by atoms with E-state index in [1.807, 2.05) is 18.2 Å². The van der Waals surface area contributed by atoms with Crippen LogP contribution in [-0.4, -0.2) is 29.1 Å². The third kappa shape index (κ3) is 3.53. The van der Waals surface area contributed by atoms with Gasteiger partial charge in [0, 0.05) is 36.9 Å². The molecular weight excluding hydrogens is 228 g/mol. The van der Waals surface area contributed by atoms with Crippen LogP contribution in [0.1, 0.15) is 25.0 Å². The molecule has 0 radical (unpaired) electrons. The Bertz CT molecular complexity index is 377. The van der Waals surface area contributed by atoms with Crippen molar-refractivity contribution < 1.29 is 9.90 Å². The first-order valence-corrected chi connectivity index (χ1v) is 6.58. The van der Waals surface area contributed by atoms with Gasteiger partial charge in [0.25, 0.3) is 0 Å². The molecule has 2 N–H and O–H groups in total. The Hall–Kier alpha value is -1.42. The fraction of sp³-hybridized carbons (Fsp3) is 0.571. The number of aromatic nitrogens is 1. The van der Waals surface area contributed by atoms with Gasteiger partial charge in [0.15, 0.2) is 0 Å². The number of nitrogens with zero attached hydrogens (tertiary/aromatic N) is 1. The summed E-state index contributed by atoms with van der Waals surface area (Å²) in [6.45, 7) is 0.601. The van der Waals surface area contributed by atoms with Gasteiger partial charge in [-0.15, -0.1) is 0 Å². The Balaban J connectivity index is 1.76. The molecule has 4 heteroatoms. The topological polar surface area (TPSA) is 62.2 Å². The minimum Gasteiger partial charge on any atom is -0.396 e. The molecule has 1 unspecified atom stereocenters. The monoisotopic (exact) mass is 248 g/mol. The van der Waals surface area contributed by atoms with Crippen LogP contribution in [0.5, 0.6) is 0 Å². The van der Waals surface area contributed by atoms with Crippen LogP contribution in [0.3, 0.4) is 0 Å². The van der Waals surface area contributed by atoms with E-state index in [2.05, 4.69) is 10.3 Å². The number of aliphatic hydroxyl groups excluding tert-OH is 1. The first kappa shape index (κ1) is 13.0. The van der Waals surface area contributed by atoms with Crippen LogP contribution in [0.4, 0.5) is 0 Å². The SMILES string of the molecule is O=C(NCC(CO)Cc1ccccn1)C1CCC1. The van der Waals surface area contributed by atoms with Crippen molar-refractivity contribution in [1.29, 1.82) is 0 Å². The van der Waals surface area contributed by atoms with Gasteiger partial charge in [-0.1, -0.05) is 12.5 Å². The molecule has 0 spiro atoms. The van der Waals surface area contributed by atoms with Crippen LogP contribution in [-0.2, 0) is 11.2 Å². The highest BCUT2D eigenvalue weighted by atomic mass is 16.3. The molecule has 1 aromatic rings. The molecule has 1 fully saturated rings. The first-order chi connectivity index (χ1) is 8.79. The number of aliphatic hydroxyl groups is 1. The van der Waals surface area contributed by atoms with E-state index in [-0.39, 0.29) is 24.3 Å². The van der Waals surface area contributed by atoms with Gasteiger partial charge in [-0.3, -0.25) is 9.78 Å². The maximum atomic E-state index is 11.7. The zero-order valence-corrected chi connectivity index (χ0v) is 10.5. The predicted octanol–water partition coefficient (Wildman–Crippen LogP) is 1.15. The zero-order valence-electron chi connectivity index (χ0n) is 10.5. The van der Waals surface area contributed by atoms with Crippen molar-refractivity contribution in [2.45, 2.75) is 25.7 Å². The quantitative estimate of drug-likeness (QED) is 0.794. The molecular formula is C14H20N2O2. The number of amides is 1. The molecule has 1 aliphatic carbocycles. The summed E-state index contributed by atoms with van der Waals surface area (Å²) in [5, 5.41) is 12.3. The highest BCUT2D eigenvalue weighted by molar-refractivity contribution is 5.79. The number of carbonyl (C=O) groups is 1. The van der Waals surface area contributed by atoms with Gasteiger partial charge in [0.2, 0.25) is 5.91 Å². The lowest BCUT2D eigenvalue weighted by Gasteiger charge is -2.25. The summed E-state index contributed by atoms with van der Waals surface area (Å²) in [7, 11) is 0. The van der Waals surface area contributed by atoms with E-state index < -0.39 is 0 Å². The number of hydrogen-bond acceptors (Lipinski definition) is 3. The maximum absolute atomic E-state index is 11.7. The third-order valence-corrected chi connectivity index (χ3v) is 3.52. The van der Waals surface area contributed by atoms with Crippen molar-refractivity contribution in [1.82, 2.24) is 10.3 Å². The highest BCUT2D eigenvalue weighted by Crippen LogP contribution is 2.26. The van der Waals surface area contributed by atoms with Crippen LogP contribution in [0.15, 0.2) is 24.4 Å². The van der Waals surface area contributed by atoms with E-state index in [1.165, 1.54) is 0 Å². The third-order valence-electron chi connectivity index (χ3n) is 3.52. The van der Waals surface area contributed by atoms with Gasteiger partial charge in [-0.05, 0) is 31.4 Å². The van der Waals surface area contributed by atoms with Crippen LogP contribution in [0.2, 0.25) is 0 Å². The average molecular weight is 248 g/mol. The number of nitrogens with one attached hydrogen (secondary N) is 1. The summed E-state index contributed by atoms with van der Waals surface area (Å²) >= 11 is 0. The molecule has 0 bridgehead atoms. The maximum Gasteiger partial charge on any atom is 0.223 e. The second-order valence-corrected chi connectivity index (χ2v) is 4.95. The molecule has 1 heterocycles. The van der Waals surface area contributed by atoms with Gasteiger partial charge in [-0.25, -0.2) is 0 Å². The Morgan fingerprint density at radius 1 is 1.50 bits per heavy atom. The number of carbonyl (C=O) groups excluding carboxylic acids is 1. The fourth-order valence-electron chi connectivity index (χ4n) is 2.08. The summed E-state index contributed by atoms with van der Waals surface area (Å²) in [5.41, 5.74) is 0.953. The predicted molar refractivity (Wildman–Crippen MR) is 68.9 cm³/mol. The second kappa shape index (κ2) is 6.50. The molecule has 0 saturated heterocycles. The summed E-state index contributed by atoms with van der Waals surface area (Å²) in [6.07, 6.45) is 5.63. The summed E-state index contributed by atoms with van der Waals surface area (Å²) in [6, 6.07) is 5.75. The van der Waals surface area contributed by atoms with E-state index in [1.54, 1.807) is 6.20 Å². The van der Waals surface area contributed by atoms with Crippen molar-refractivity contribution in [2.24, 2.45) is 11.8 Å². The van der Waals surface area contributed by atoms with Gasteiger partial charge in [-0.2, -0.15) is 0 Å². The van der Waals surface area contributed by atoms with E-state index in [0.717, 1.165) is 25.0 Å². The van der Waals surface area contributed by atoms with Crippen molar-refractivity contribution in [3.8, 4) is 0 Å². The molecule has 0 aromatic carbocycles. The van der Waals surface area contributed by atoms with Crippen LogP contribution < -0.4 is 5.32 Å². The van der Waals surface area contributed by atoms with Gasteiger partial charge < -0.3 is 10.4 Å². The number of pyridine rings is 1. The minimum absolute atomic E-state index is 0.0453. The lowest BCUT2D eigenvalue weighted by Crippen LogP contribution is -2.38. The van der Waals surface area contributed by atoms with Gasteiger partial charge in [0.1, 0.15) is 0 Å². The zero-order chi connectivity index (χ0) is 12.8. The van der Waals surface area contributed by atoms with Crippen molar-refractivity contribution >= 4 is 5.91 Å².